The predicted molar refractivity (Wildman–Crippen MR) is 143 cm³/mol. The van der Waals surface area contributed by atoms with Gasteiger partial charge < -0.3 is 20.3 Å². The van der Waals surface area contributed by atoms with Gasteiger partial charge in [0.2, 0.25) is 5.91 Å². The average molecular weight is 552 g/mol. The molecule has 1 unspecified atom stereocenters. The molecule has 0 aromatic heterocycles. The van der Waals surface area contributed by atoms with E-state index in [-0.39, 0.29) is 24.5 Å². The summed E-state index contributed by atoms with van der Waals surface area (Å²) in [6.45, 7) is 1.23. The Balaban J connectivity index is 1.18. The van der Waals surface area contributed by atoms with Gasteiger partial charge in [0.25, 0.3) is 5.91 Å². The molecule has 1 aliphatic carbocycles. The van der Waals surface area contributed by atoms with Crippen LogP contribution >= 0.6 is 0 Å². The maximum absolute atomic E-state index is 13.2. The van der Waals surface area contributed by atoms with Gasteiger partial charge in [-0.25, -0.2) is 4.79 Å². The molecule has 1 aliphatic heterocycles. The number of likely N-dealkylation sites (tertiary alicyclic amines) is 1. The lowest BCUT2D eigenvalue weighted by atomic mass is 9.98. The Labute approximate surface area is 229 Å². The summed E-state index contributed by atoms with van der Waals surface area (Å²) in [5.74, 6) is -0.301. The Morgan fingerprint density at radius 1 is 0.975 bits per heavy atom. The van der Waals surface area contributed by atoms with E-state index in [4.69, 9.17) is 4.74 Å². The maximum Gasteiger partial charge on any atom is 0.416 e. The number of alkyl halides is 3. The van der Waals surface area contributed by atoms with Gasteiger partial charge in [0.1, 0.15) is 6.61 Å². The zero-order valence-electron chi connectivity index (χ0n) is 21.6. The third-order valence-corrected chi connectivity index (χ3v) is 7.18. The van der Waals surface area contributed by atoms with Crippen molar-refractivity contribution in [3.63, 3.8) is 0 Å². The summed E-state index contributed by atoms with van der Waals surface area (Å²) in [5.41, 5.74) is 3.21. The van der Waals surface area contributed by atoms with Crippen molar-refractivity contribution in [1.82, 2.24) is 10.2 Å². The Hall–Kier alpha value is -4.34. The minimum absolute atomic E-state index is 0.0845. The van der Waals surface area contributed by atoms with E-state index in [0.29, 0.717) is 54.7 Å². The van der Waals surface area contributed by atoms with Crippen LogP contribution in [0.4, 0.5) is 23.7 Å². The molecule has 0 spiro atoms. The summed E-state index contributed by atoms with van der Waals surface area (Å²) in [7, 11) is 0. The fraction of sp³-hybridized carbons (Fsp3) is 0.300. The van der Waals surface area contributed by atoms with Crippen molar-refractivity contribution in [2.45, 2.75) is 37.9 Å². The Morgan fingerprint density at radius 2 is 1.73 bits per heavy atom. The molecule has 1 saturated heterocycles. The van der Waals surface area contributed by atoms with Gasteiger partial charge in [0.05, 0.1) is 12.1 Å². The normalized spacial score (nSPS) is 16.5. The van der Waals surface area contributed by atoms with Crippen molar-refractivity contribution in [2.24, 2.45) is 0 Å². The van der Waals surface area contributed by atoms with Crippen LogP contribution in [0, 0.1) is 0 Å². The van der Waals surface area contributed by atoms with Crippen LogP contribution in [0.2, 0.25) is 0 Å². The number of carbonyl (C=O) groups is 3. The Morgan fingerprint density at radius 3 is 2.45 bits per heavy atom. The van der Waals surface area contributed by atoms with Crippen molar-refractivity contribution < 1.29 is 32.3 Å². The van der Waals surface area contributed by atoms with Gasteiger partial charge in [0, 0.05) is 30.3 Å². The number of ether oxygens (including phenoxy) is 1. The summed E-state index contributed by atoms with van der Waals surface area (Å²) in [6, 6.07) is 16.8. The lowest BCUT2D eigenvalue weighted by Crippen LogP contribution is -2.37. The number of benzene rings is 3. The van der Waals surface area contributed by atoms with Gasteiger partial charge >= 0.3 is 12.3 Å². The lowest BCUT2D eigenvalue weighted by Gasteiger charge is -2.16. The first kappa shape index (κ1) is 27.2. The molecule has 2 N–H and O–H groups in total. The van der Waals surface area contributed by atoms with Gasteiger partial charge in [-0.3, -0.25) is 9.59 Å². The van der Waals surface area contributed by atoms with Crippen molar-refractivity contribution in [2.75, 3.05) is 25.0 Å². The fourth-order valence-electron chi connectivity index (χ4n) is 5.17. The second-order valence-corrected chi connectivity index (χ2v) is 9.93. The minimum Gasteiger partial charge on any atom is -0.448 e. The molecule has 40 heavy (non-hydrogen) atoms. The predicted octanol–water partition coefficient (Wildman–Crippen LogP) is 5.44. The molecule has 3 aromatic rings. The molecule has 2 aliphatic rings. The average Bonchev–Trinajstić information content (AvgIpc) is 3.52. The van der Waals surface area contributed by atoms with Crippen LogP contribution in [-0.4, -0.2) is 48.5 Å². The minimum atomic E-state index is -4.44. The van der Waals surface area contributed by atoms with Gasteiger partial charge in [-0.1, -0.05) is 36.4 Å². The van der Waals surface area contributed by atoms with Crippen molar-refractivity contribution in [3.05, 3.63) is 89.0 Å². The molecule has 10 heteroatoms. The number of amides is 3. The number of anilines is 1. The summed E-state index contributed by atoms with van der Waals surface area (Å²) >= 11 is 0. The standard InChI is InChI=1S/C30H28F3N3O4/c31-30(32,33)22-10-7-19(8-11-22)25-4-1-2-5-26(25)28(38)34-23-12-9-20-16-24(18-21(20)17-23)35-29(39)40-15-14-36-13-3-6-27(36)37/h1-2,4-5,7-12,17,24H,3,6,13-16,18H2,(H,34,38)(H,35,39). The summed E-state index contributed by atoms with van der Waals surface area (Å²) < 4.78 is 44.1. The molecule has 3 amide bonds. The van der Waals surface area contributed by atoms with E-state index in [9.17, 15) is 27.6 Å². The quantitative estimate of drug-likeness (QED) is 0.410. The summed E-state index contributed by atoms with van der Waals surface area (Å²) in [6.07, 6.45) is -2.40. The Bertz CT molecular complexity index is 1420. The van der Waals surface area contributed by atoms with E-state index in [1.54, 1.807) is 35.2 Å². The monoisotopic (exact) mass is 551 g/mol. The van der Waals surface area contributed by atoms with E-state index < -0.39 is 17.8 Å². The highest BCUT2D eigenvalue weighted by Gasteiger charge is 2.30. The van der Waals surface area contributed by atoms with Crippen LogP contribution in [0.15, 0.2) is 66.7 Å². The Kier molecular flexibility index (Phi) is 7.77. The zero-order valence-corrected chi connectivity index (χ0v) is 21.6. The van der Waals surface area contributed by atoms with Crippen molar-refractivity contribution in [1.29, 1.82) is 0 Å². The summed E-state index contributed by atoms with van der Waals surface area (Å²) in [4.78, 5) is 38.8. The number of fused-ring (bicyclic) bond motifs is 1. The number of carbonyl (C=O) groups excluding carboxylic acids is 3. The highest BCUT2D eigenvalue weighted by atomic mass is 19.4. The number of hydrogen-bond donors (Lipinski definition) is 2. The van der Waals surface area contributed by atoms with E-state index in [0.717, 1.165) is 29.7 Å². The highest BCUT2D eigenvalue weighted by Crippen LogP contribution is 2.32. The molecular weight excluding hydrogens is 523 g/mol. The third kappa shape index (κ3) is 6.27. The van der Waals surface area contributed by atoms with Crippen LogP contribution in [0.1, 0.15) is 39.9 Å². The molecule has 1 atom stereocenters. The number of alkyl carbamates (subject to hydrolysis) is 1. The molecule has 0 radical (unpaired) electrons. The number of hydrogen-bond acceptors (Lipinski definition) is 4. The van der Waals surface area contributed by atoms with E-state index >= 15 is 0 Å². The first-order valence-electron chi connectivity index (χ1n) is 13.1. The second-order valence-electron chi connectivity index (χ2n) is 9.93. The number of halogens is 3. The highest BCUT2D eigenvalue weighted by molar-refractivity contribution is 6.08. The van der Waals surface area contributed by atoms with Gasteiger partial charge in [-0.2, -0.15) is 13.2 Å². The molecule has 5 rings (SSSR count). The molecule has 1 heterocycles. The first-order valence-corrected chi connectivity index (χ1v) is 13.1. The molecule has 208 valence electrons. The first-order chi connectivity index (χ1) is 19.2. The number of rotatable bonds is 7. The maximum atomic E-state index is 13.2. The van der Waals surface area contributed by atoms with Crippen LogP contribution in [0.3, 0.4) is 0 Å². The van der Waals surface area contributed by atoms with E-state index in [1.165, 1.54) is 12.1 Å². The van der Waals surface area contributed by atoms with Crippen LogP contribution in [0.5, 0.6) is 0 Å². The zero-order chi connectivity index (χ0) is 28.3. The smallest absolute Gasteiger partial charge is 0.416 e. The topological polar surface area (TPSA) is 87.7 Å². The van der Waals surface area contributed by atoms with E-state index in [1.807, 2.05) is 12.1 Å². The molecule has 1 fully saturated rings. The van der Waals surface area contributed by atoms with E-state index in [2.05, 4.69) is 10.6 Å². The molecule has 3 aromatic carbocycles. The fourth-order valence-corrected chi connectivity index (χ4v) is 5.17. The van der Waals surface area contributed by atoms with Crippen molar-refractivity contribution in [3.8, 4) is 11.1 Å². The molecule has 0 bridgehead atoms. The van der Waals surface area contributed by atoms with Crippen LogP contribution < -0.4 is 10.6 Å². The number of nitrogens with one attached hydrogen (secondary N) is 2. The van der Waals surface area contributed by atoms with Crippen LogP contribution in [0.25, 0.3) is 11.1 Å². The van der Waals surface area contributed by atoms with Gasteiger partial charge in [-0.15, -0.1) is 0 Å². The largest absolute Gasteiger partial charge is 0.448 e. The van der Waals surface area contributed by atoms with Crippen LogP contribution in [-0.2, 0) is 28.5 Å². The third-order valence-electron chi connectivity index (χ3n) is 7.18. The number of nitrogens with zero attached hydrogens (tertiary/aromatic N) is 1. The SMILES string of the molecule is O=C(NC1Cc2ccc(NC(=O)c3ccccc3-c3ccc(C(F)(F)F)cc3)cc2C1)OCCN1CCCC1=O. The molecule has 7 nitrogen and oxygen atoms in total. The van der Waals surface area contributed by atoms with Gasteiger partial charge in [0.15, 0.2) is 0 Å². The second kappa shape index (κ2) is 11.4. The molecule has 0 saturated carbocycles. The van der Waals surface area contributed by atoms with Crippen molar-refractivity contribution >= 4 is 23.6 Å². The summed E-state index contributed by atoms with van der Waals surface area (Å²) in [5, 5.41) is 5.75. The molecular formula is C30H28F3N3O4. The van der Waals surface area contributed by atoms with Gasteiger partial charge in [-0.05, 0) is 71.8 Å². The lowest BCUT2D eigenvalue weighted by molar-refractivity contribution is -0.137.